The van der Waals surface area contributed by atoms with Crippen molar-refractivity contribution in [2.75, 3.05) is 24.7 Å². The molecular formula is C23H28N8O2S. The van der Waals surface area contributed by atoms with E-state index in [9.17, 15) is 9.59 Å². The number of nitrogens with one attached hydrogen (secondary N) is 2. The lowest BCUT2D eigenvalue weighted by molar-refractivity contribution is -0.121. The summed E-state index contributed by atoms with van der Waals surface area (Å²) in [5.74, 6) is 1.11. The van der Waals surface area contributed by atoms with Gasteiger partial charge in [-0.3, -0.25) is 14.2 Å². The van der Waals surface area contributed by atoms with E-state index in [0.717, 1.165) is 23.4 Å². The number of nitrogens with zero attached hydrogens (tertiary/aromatic N) is 6. The van der Waals surface area contributed by atoms with Crippen LogP contribution in [0.2, 0.25) is 0 Å². The van der Waals surface area contributed by atoms with Gasteiger partial charge in [-0.2, -0.15) is 5.10 Å². The van der Waals surface area contributed by atoms with Crippen LogP contribution in [0.1, 0.15) is 20.3 Å². The Morgan fingerprint density at radius 3 is 2.76 bits per heavy atom. The third kappa shape index (κ3) is 5.36. The van der Waals surface area contributed by atoms with Crippen LogP contribution in [0.4, 0.5) is 5.82 Å². The van der Waals surface area contributed by atoms with Crippen LogP contribution in [0.15, 0.2) is 46.7 Å². The van der Waals surface area contributed by atoms with Crippen molar-refractivity contribution in [2.24, 2.45) is 5.92 Å². The van der Waals surface area contributed by atoms with E-state index in [1.807, 2.05) is 12.3 Å². The molecule has 0 aliphatic rings. The maximum Gasteiger partial charge on any atom is 0.261 e. The zero-order valence-corrected chi connectivity index (χ0v) is 20.3. The van der Waals surface area contributed by atoms with Crippen LogP contribution in [0, 0.1) is 5.92 Å². The quantitative estimate of drug-likeness (QED) is 0.262. The second kappa shape index (κ2) is 10.6. The summed E-state index contributed by atoms with van der Waals surface area (Å²) in [5.41, 5.74) is 1.23. The molecule has 0 aliphatic heterocycles. The molecule has 0 unspecified atom stereocenters. The third-order valence-corrected chi connectivity index (χ3v) is 5.84. The molecule has 34 heavy (non-hydrogen) atoms. The number of hydrogen-bond acceptors (Lipinski definition) is 8. The van der Waals surface area contributed by atoms with Crippen LogP contribution in [0.25, 0.3) is 21.9 Å². The molecule has 0 atom stereocenters. The Kier molecular flexibility index (Phi) is 7.41. The largest absolute Gasteiger partial charge is 0.369 e. The van der Waals surface area contributed by atoms with Crippen LogP contribution in [-0.2, 0) is 17.9 Å². The van der Waals surface area contributed by atoms with Crippen molar-refractivity contribution in [3.05, 3.63) is 47.1 Å². The Balaban J connectivity index is 1.36. The van der Waals surface area contributed by atoms with E-state index in [-0.39, 0.29) is 24.4 Å². The molecule has 0 saturated carbocycles. The predicted molar refractivity (Wildman–Crippen MR) is 134 cm³/mol. The van der Waals surface area contributed by atoms with Gasteiger partial charge in [-0.1, -0.05) is 37.7 Å². The summed E-state index contributed by atoms with van der Waals surface area (Å²) in [6.45, 7) is 6.22. The minimum Gasteiger partial charge on any atom is -0.369 e. The monoisotopic (exact) mass is 480 g/mol. The molecule has 0 aliphatic carbocycles. The van der Waals surface area contributed by atoms with Gasteiger partial charge in [-0.05, 0) is 24.3 Å². The molecule has 4 rings (SSSR count). The summed E-state index contributed by atoms with van der Waals surface area (Å²) in [7, 11) is 0. The number of carbonyl (C=O) groups excluding carboxylic acids is 1. The van der Waals surface area contributed by atoms with E-state index >= 15 is 0 Å². The molecule has 0 radical (unpaired) electrons. The van der Waals surface area contributed by atoms with Gasteiger partial charge in [0.1, 0.15) is 5.82 Å². The predicted octanol–water partition coefficient (Wildman–Crippen LogP) is 2.53. The highest BCUT2D eigenvalue weighted by atomic mass is 32.2. The van der Waals surface area contributed by atoms with E-state index in [0.29, 0.717) is 35.1 Å². The van der Waals surface area contributed by atoms with E-state index in [1.165, 1.54) is 22.7 Å². The van der Waals surface area contributed by atoms with Crippen LogP contribution in [-0.4, -0.2) is 54.6 Å². The van der Waals surface area contributed by atoms with E-state index < -0.39 is 0 Å². The number of carbonyl (C=O) groups is 1. The maximum absolute atomic E-state index is 12.6. The fourth-order valence-corrected chi connectivity index (χ4v) is 3.86. The number of rotatable bonds is 10. The van der Waals surface area contributed by atoms with Gasteiger partial charge in [0, 0.05) is 26.1 Å². The highest BCUT2D eigenvalue weighted by Crippen LogP contribution is 2.23. The van der Waals surface area contributed by atoms with Gasteiger partial charge in [-0.15, -0.1) is 0 Å². The number of anilines is 1. The Hall–Kier alpha value is -3.47. The van der Waals surface area contributed by atoms with Gasteiger partial charge in [0.15, 0.2) is 10.8 Å². The Morgan fingerprint density at radius 1 is 1.15 bits per heavy atom. The van der Waals surface area contributed by atoms with Crippen molar-refractivity contribution in [1.82, 2.24) is 34.6 Å². The fraction of sp³-hybridized carbons (Fsp3) is 0.391. The lowest BCUT2D eigenvalue weighted by Crippen LogP contribution is -2.30. The second-order valence-corrected chi connectivity index (χ2v) is 9.07. The molecule has 4 aromatic rings. The van der Waals surface area contributed by atoms with Crippen LogP contribution >= 0.6 is 11.8 Å². The normalized spacial score (nSPS) is 11.4. The number of hydrogen-bond donors (Lipinski definition) is 2. The van der Waals surface area contributed by atoms with Crippen LogP contribution in [0.5, 0.6) is 0 Å². The highest BCUT2D eigenvalue weighted by Gasteiger charge is 2.13. The molecule has 1 aromatic carbocycles. The van der Waals surface area contributed by atoms with Crippen LogP contribution < -0.4 is 16.2 Å². The molecule has 11 heteroatoms. The minimum absolute atomic E-state index is 0.143. The van der Waals surface area contributed by atoms with Crippen molar-refractivity contribution in [1.29, 1.82) is 0 Å². The van der Waals surface area contributed by atoms with Crippen molar-refractivity contribution >= 4 is 45.4 Å². The summed E-state index contributed by atoms with van der Waals surface area (Å²) in [5, 5.41) is 12.8. The first-order valence-corrected chi connectivity index (χ1v) is 12.4. The van der Waals surface area contributed by atoms with Crippen molar-refractivity contribution in [2.45, 2.75) is 38.5 Å². The molecule has 0 fully saturated rings. The first kappa shape index (κ1) is 23.7. The molecule has 178 valence electrons. The van der Waals surface area contributed by atoms with Crippen LogP contribution in [0.3, 0.4) is 0 Å². The highest BCUT2D eigenvalue weighted by molar-refractivity contribution is 7.98. The number of aromatic nitrogens is 6. The van der Waals surface area contributed by atoms with Crippen molar-refractivity contribution in [3.8, 4) is 0 Å². The second-order valence-electron chi connectivity index (χ2n) is 8.30. The SMILES string of the molecule is CSc1nc(NCC(C)C)c2cnn(CCNC(=O)CCn3cnc4ccccc4c3=O)c2n1. The van der Waals surface area contributed by atoms with Crippen molar-refractivity contribution in [3.63, 3.8) is 0 Å². The molecule has 0 spiro atoms. The van der Waals surface area contributed by atoms with Gasteiger partial charge >= 0.3 is 0 Å². The number of para-hydroxylation sites is 1. The number of aryl methyl sites for hydroxylation is 1. The topological polar surface area (TPSA) is 120 Å². The lowest BCUT2D eigenvalue weighted by Gasteiger charge is -2.11. The van der Waals surface area contributed by atoms with Gasteiger partial charge in [0.2, 0.25) is 5.91 Å². The van der Waals surface area contributed by atoms with Gasteiger partial charge in [-0.25, -0.2) is 19.6 Å². The summed E-state index contributed by atoms with van der Waals surface area (Å²) < 4.78 is 3.24. The smallest absolute Gasteiger partial charge is 0.261 e. The third-order valence-electron chi connectivity index (χ3n) is 5.29. The molecule has 0 bridgehead atoms. The van der Waals surface area contributed by atoms with Gasteiger partial charge < -0.3 is 10.6 Å². The molecule has 3 aromatic heterocycles. The Labute approximate surface area is 201 Å². The standard InChI is InChI=1S/C23H28N8O2S/c1-15(2)12-25-20-17-13-27-31(21(17)29-23(28-20)34-3)11-9-24-19(32)8-10-30-14-26-18-7-5-4-6-16(18)22(30)33/h4-7,13-15H,8-12H2,1-3H3,(H,24,32)(H,25,28,29). The summed E-state index contributed by atoms with van der Waals surface area (Å²) >= 11 is 1.47. The van der Waals surface area contributed by atoms with Gasteiger partial charge in [0.05, 0.1) is 35.4 Å². The van der Waals surface area contributed by atoms with Crippen molar-refractivity contribution < 1.29 is 4.79 Å². The zero-order chi connectivity index (χ0) is 24.1. The molecular weight excluding hydrogens is 452 g/mol. The first-order valence-electron chi connectivity index (χ1n) is 11.2. The zero-order valence-electron chi connectivity index (χ0n) is 19.5. The summed E-state index contributed by atoms with van der Waals surface area (Å²) in [6, 6.07) is 7.18. The van der Waals surface area contributed by atoms with E-state index in [2.05, 4.69) is 44.5 Å². The average molecular weight is 481 g/mol. The summed E-state index contributed by atoms with van der Waals surface area (Å²) in [6.07, 6.45) is 5.36. The summed E-state index contributed by atoms with van der Waals surface area (Å²) in [4.78, 5) is 38.4. The number of thioether (sulfide) groups is 1. The fourth-order valence-electron chi connectivity index (χ4n) is 3.50. The molecule has 0 saturated heterocycles. The van der Waals surface area contributed by atoms with E-state index in [1.54, 1.807) is 29.1 Å². The Morgan fingerprint density at radius 2 is 1.97 bits per heavy atom. The molecule has 10 nitrogen and oxygen atoms in total. The number of benzene rings is 1. The number of fused-ring (bicyclic) bond motifs is 2. The molecule has 2 N–H and O–H groups in total. The number of amides is 1. The van der Waals surface area contributed by atoms with Gasteiger partial charge in [0.25, 0.3) is 5.56 Å². The lowest BCUT2D eigenvalue weighted by atomic mass is 10.2. The molecule has 1 amide bonds. The van der Waals surface area contributed by atoms with E-state index in [4.69, 9.17) is 0 Å². The minimum atomic E-state index is -0.146. The molecule has 3 heterocycles. The Bertz CT molecular complexity index is 1360. The first-order chi connectivity index (χ1) is 16.5. The maximum atomic E-state index is 12.6. The average Bonchev–Trinajstić information content (AvgIpc) is 3.25.